The van der Waals surface area contributed by atoms with E-state index in [0.29, 0.717) is 0 Å². The van der Waals surface area contributed by atoms with Gasteiger partial charge in [-0.1, -0.05) is 52.4 Å². The molecule has 104 valence electrons. The van der Waals surface area contributed by atoms with Crippen molar-refractivity contribution >= 4 is 0 Å². The lowest BCUT2D eigenvalue weighted by Crippen LogP contribution is -3.15. The molecule has 1 N–H and O–H groups in total. The molecule has 0 heterocycles. The molecule has 0 spiro atoms. The van der Waals surface area contributed by atoms with Crippen molar-refractivity contribution in [3.05, 3.63) is 0 Å². The molecule has 0 aromatic carbocycles. The highest BCUT2D eigenvalue weighted by molar-refractivity contribution is 4.49. The van der Waals surface area contributed by atoms with Gasteiger partial charge < -0.3 is 0 Å². The first-order chi connectivity index (χ1) is 8.26. The Morgan fingerprint density at radius 1 is 0.706 bits per heavy atom. The van der Waals surface area contributed by atoms with Crippen LogP contribution < -0.4 is 5.01 Å². The summed E-state index contributed by atoms with van der Waals surface area (Å²) in [6.45, 7) is 10.6. The normalized spacial score (nSPS) is 13.2. The number of rotatable bonds is 12. The van der Waals surface area contributed by atoms with E-state index >= 15 is 0 Å². The number of nitrogens with zero attached hydrogens (tertiary/aromatic N) is 1. The van der Waals surface area contributed by atoms with Crippen molar-refractivity contribution in [2.45, 2.75) is 72.1 Å². The second-order valence-electron chi connectivity index (χ2n) is 5.20. The molecule has 2 heteroatoms. The van der Waals surface area contributed by atoms with Crippen molar-refractivity contribution in [3.8, 4) is 0 Å². The van der Waals surface area contributed by atoms with Gasteiger partial charge >= 0.3 is 0 Å². The molecule has 0 aromatic rings. The van der Waals surface area contributed by atoms with Gasteiger partial charge in [0.2, 0.25) is 0 Å². The Balaban J connectivity index is 3.72. The van der Waals surface area contributed by atoms with Gasteiger partial charge in [0.1, 0.15) is 0 Å². The Morgan fingerprint density at radius 3 is 1.53 bits per heavy atom. The molecule has 0 fully saturated rings. The van der Waals surface area contributed by atoms with Crippen molar-refractivity contribution in [2.24, 2.45) is 0 Å². The molecule has 0 radical (unpaired) electrons. The van der Waals surface area contributed by atoms with Crippen molar-refractivity contribution in [2.75, 3.05) is 26.7 Å². The standard InChI is InChI=1S/C15H34N2/c1-5-8-10-12-14-17(16(4)7-3)15-13-11-9-6-2/h5-15H2,1-4H3/p+1. The number of nitrogens with one attached hydrogen (secondary N) is 1. The van der Waals surface area contributed by atoms with Crippen LogP contribution >= 0.6 is 0 Å². The van der Waals surface area contributed by atoms with Crippen LogP contribution in [0.4, 0.5) is 0 Å². The minimum absolute atomic E-state index is 1.21. The van der Waals surface area contributed by atoms with Gasteiger partial charge in [-0.05, 0) is 19.8 Å². The summed E-state index contributed by atoms with van der Waals surface area (Å²) < 4.78 is 0. The Labute approximate surface area is 109 Å². The maximum atomic E-state index is 2.63. The van der Waals surface area contributed by atoms with Gasteiger partial charge in [0.15, 0.2) is 0 Å². The maximum Gasteiger partial charge on any atom is 0.0917 e. The zero-order chi connectivity index (χ0) is 12.9. The van der Waals surface area contributed by atoms with Crippen molar-refractivity contribution in [1.29, 1.82) is 0 Å². The summed E-state index contributed by atoms with van der Waals surface area (Å²) in [7, 11) is 2.31. The largest absolute Gasteiger partial charge is 0.257 e. The summed E-state index contributed by atoms with van der Waals surface area (Å²) >= 11 is 0. The Morgan fingerprint density at radius 2 is 1.18 bits per heavy atom. The molecule has 0 saturated heterocycles. The zero-order valence-corrected chi connectivity index (χ0v) is 12.7. The van der Waals surface area contributed by atoms with Crippen LogP contribution in [-0.4, -0.2) is 31.7 Å². The summed E-state index contributed by atoms with van der Waals surface area (Å²) in [6.07, 6.45) is 11.0. The second-order valence-corrected chi connectivity index (χ2v) is 5.20. The van der Waals surface area contributed by atoms with Crippen molar-refractivity contribution < 1.29 is 5.01 Å². The lowest BCUT2D eigenvalue weighted by atomic mass is 10.2. The molecule has 0 aliphatic carbocycles. The van der Waals surface area contributed by atoms with E-state index in [2.05, 4.69) is 32.8 Å². The first kappa shape index (κ1) is 16.9. The average molecular weight is 243 g/mol. The van der Waals surface area contributed by atoms with Crippen LogP contribution in [-0.2, 0) is 0 Å². The highest BCUT2D eigenvalue weighted by atomic mass is 15.6. The van der Waals surface area contributed by atoms with Gasteiger partial charge in [-0.2, -0.15) is 5.01 Å². The van der Waals surface area contributed by atoms with Gasteiger partial charge in [-0.3, -0.25) is 5.01 Å². The molecule has 0 amide bonds. The smallest absolute Gasteiger partial charge is 0.0917 e. The summed E-state index contributed by atoms with van der Waals surface area (Å²) in [5, 5.41) is 4.21. The number of unbranched alkanes of at least 4 members (excludes halogenated alkanes) is 6. The fraction of sp³-hybridized carbons (Fsp3) is 1.00. The summed E-state index contributed by atoms with van der Waals surface area (Å²) in [5.74, 6) is 0. The van der Waals surface area contributed by atoms with Crippen LogP contribution in [0.5, 0.6) is 0 Å². The van der Waals surface area contributed by atoms with Crippen molar-refractivity contribution in [1.82, 2.24) is 5.01 Å². The Hall–Kier alpha value is -0.0800. The third kappa shape index (κ3) is 9.61. The van der Waals surface area contributed by atoms with Gasteiger partial charge in [-0.25, -0.2) is 0 Å². The zero-order valence-electron chi connectivity index (χ0n) is 12.7. The topological polar surface area (TPSA) is 7.68 Å². The molecule has 0 aromatic heterocycles. The summed E-state index contributed by atoms with van der Waals surface area (Å²) in [4.78, 5) is 0. The first-order valence-corrected chi connectivity index (χ1v) is 7.83. The molecule has 17 heavy (non-hydrogen) atoms. The lowest BCUT2D eigenvalue weighted by molar-refractivity contribution is -0.998. The van der Waals surface area contributed by atoms with Gasteiger partial charge in [-0.15, -0.1) is 0 Å². The lowest BCUT2D eigenvalue weighted by Gasteiger charge is -2.27. The van der Waals surface area contributed by atoms with E-state index in [-0.39, 0.29) is 0 Å². The van der Waals surface area contributed by atoms with Crippen LogP contribution in [0.2, 0.25) is 0 Å². The highest BCUT2D eigenvalue weighted by Gasteiger charge is 2.11. The van der Waals surface area contributed by atoms with Crippen LogP contribution in [0.25, 0.3) is 0 Å². The minimum Gasteiger partial charge on any atom is -0.257 e. The third-order valence-corrected chi connectivity index (χ3v) is 3.61. The molecular formula is C15H35N2+. The Kier molecular flexibility index (Phi) is 12.3. The molecule has 0 aliphatic rings. The Bertz CT molecular complexity index is 136. The van der Waals surface area contributed by atoms with E-state index in [1.165, 1.54) is 71.0 Å². The number of hydrogen-bond acceptors (Lipinski definition) is 1. The van der Waals surface area contributed by atoms with E-state index in [1.807, 2.05) is 0 Å². The van der Waals surface area contributed by atoms with Crippen LogP contribution in [0.3, 0.4) is 0 Å². The molecule has 1 atom stereocenters. The highest BCUT2D eigenvalue weighted by Crippen LogP contribution is 2.02. The monoisotopic (exact) mass is 243 g/mol. The van der Waals surface area contributed by atoms with Crippen LogP contribution in [0.1, 0.15) is 72.1 Å². The molecule has 0 rings (SSSR count). The van der Waals surface area contributed by atoms with Gasteiger partial charge in [0.05, 0.1) is 13.6 Å². The fourth-order valence-electron chi connectivity index (χ4n) is 2.18. The molecular weight excluding hydrogens is 208 g/mol. The van der Waals surface area contributed by atoms with E-state index in [9.17, 15) is 0 Å². The predicted octanol–water partition coefficient (Wildman–Crippen LogP) is 2.90. The van der Waals surface area contributed by atoms with Gasteiger partial charge in [0, 0.05) is 13.1 Å². The second kappa shape index (κ2) is 12.4. The summed E-state index contributed by atoms with van der Waals surface area (Å²) in [5.41, 5.74) is 0. The maximum absolute atomic E-state index is 2.63. The first-order valence-electron chi connectivity index (χ1n) is 7.83. The van der Waals surface area contributed by atoms with Gasteiger partial charge in [0.25, 0.3) is 0 Å². The third-order valence-electron chi connectivity index (χ3n) is 3.61. The van der Waals surface area contributed by atoms with E-state index < -0.39 is 0 Å². The predicted molar refractivity (Wildman–Crippen MR) is 77.3 cm³/mol. The molecule has 2 nitrogen and oxygen atoms in total. The van der Waals surface area contributed by atoms with Crippen LogP contribution in [0, 0.1) is 0 Å². The van der Waals surface area contributed by atoms with Crippen molar-refractivity contribution in [3.63, 3.8) is 0 Å². The van der Waals surface area contributed by atoms with E-state index in [4.69, 9.17) is 0 Å². The number of quaternary nitrogens is 1. The SMILES string of the molecule is CCCCCCN(CCCCCC)[NH+](C)CC. The molecule has 0 aliphatic heterocycles. The summed E-state index contributed by atoms with van der Waals surface area (Å²) in [6, 6.07) is 0. The number of hydrogen-bond donors (Lipinski definition) is 1. The molecule has 0 bridgehead atoms. The van der Waals surface area contributed by atoms with E-state index in [1.54, 1.807) is 5.01 Å². The van der Waals surface area contributed by atoms with E-state index in [0.717, 1.165) is 0 Å². The molecule has 1 unspecified atom stereocenters. The quantitative estimate of drug-likeness (QED) is 0.409. The molecule has 0 saturated carbocycles. The fourth-order valence-corrected chi connectivity index (χ4v) is 2.18. The van der Waals surface area contributed by atoms with Crippen LogP contribution in [0.15, 0.2) is 0 Å². The minimum atomic E-state index is 1.21. The average Bonchev–Trinajstić information content (AvgIpc) is 2.36.